The molecule has 1 rings (SSSR count). The molecule has 98 valence electrons. The Balaban J connectivity index is 2.10. The molecule has 0 aromatic rings. The summed E-state index contributed by atoms with van der Waals surface area (Å²) >= 11 is 0. The number of hydrogen-bond donors (Lipinski definition) is 2. The molecular weight excluding hydrogens is 222 g/mol. The van der Waals surface area contributed by atoms with Gasteiger partial charge in [-0.25, -0.2) is 0 Å². The molecule has 0 radical (unpaired) electrons. The van der Waals surface area contributed by atoms with Crippen LogP contribution in [-0.2, 0) is 14.3 Å². The molecule has 0 aliphatic heterocycles. The summed E-state index contributed by atoms with van der Waals surface area (Å²) in [5, 5.41) is 5.79. The van der Waals surface area contributed by atoms with Gasteiger partial charge < -0.3 is 20.3 Å². The van der Waals surface area contributed by atoms with Crippen molar-refractivity contribution in [3.8, 4) is 0 Å². The van der Waals surface area contributed by atoms with Crippen LogP contribution in [-0.4, -0.2) is 63.2 Å². The molecule has 0 saturated heterocycles. The maximum atomic E-state index is 11.6. The summed E-state index contributed by atoms with van der Waals surface area (Å²) in [5.41, 5.74) is 0. The smallest absolute Gasteiger partial charge is 0.239 e. The molecule has 0 bridgehead atoms. The monoisotopic (exact) mass is 243 g/mol. The molecular formula is C11H21N3O3. The first kappa shape index (κ1) is 13.9. The second-order valence-corrected chi connectivity index (χ2v) is 4.25. The minimum absolute atomic E-state index is 0.0567. The molecule has 17 heavy (non-hydrogen) atoms. The van der Waals surface area contributed by atoms with Gasteiger partial charge in [0.2, 0.25) is 11.8 Å². The van der Waals surface area contributed by atoms with Crippen molar-refractivity contribution in [2.45, 2.75) is 18.9 Å². The molecule has 1 aliphatic rings. The van der Waals surface area contributed by atoms with Gasteiger partial charge in [0.1, 0.15) is 0 Å². The van der Waals surface area contributed by atoms with Crippen molar-refractivity contribution >= 4 is 11.8 Å². The van der Waals surface area contributed by atoms with E-state index in [1.807, 2.05) is 0 Å². The number of nitrogens with one attached hydrogen (secondary N) is 2. The van der Waals surface area contributed by atoms with E-state index in [-0.39, 0.29) is 18.4 Å². The fraction of sp³-hybridized carbons (Fsp3) is 0.818. The van der Waals surface area contributed by atoms with Gasteiger partial charge in [0.25, 0.3) is 0 Å². The van der Waals surface area contributed by atoms with Crippen molar-refractivity contribution in [2.24, 2.45) is 0 Å². The van der Waals surface area contributed by atoms with E-state index in [1.165, 1.54) is 4.90 Å². The highest BCUT2D eigenvalue weighted by Gasteiger charge is 2.22. The molecule has 0 unspecified atom stereocenters. The van der Waals surface area contributed by atoms with Crippen LogP contribution in [0.25, 0.3) is 0 Å². The predicted octanol–water partition coefficient (Wildman–Crippen LogP) is -1.04. The van der Waals surface area contributed by atoms with Gasteiger partial charge in [-0.2, -0.15) is 0 Å². The number of likely N-dealkylation sites (N-methyl/N-ethyl adjacent to an activating group) is 1. The standard InChI is InChI=1S/C11H21N3O3/c1-14(8-10(15)12-5-6-17-2)11(16)7-13-9-3-4-9/h9,13H,3-8H2,1-2H3,(H,12,15). The molecule has 1 aliphatic carbocycles. The Labute approximate surface area is 102 Å². The summed E-state index contributed by atoms with van der Waals surface area (Å²) in [4.78, 5) is 24.4. The molecule has 0 aromatic carbocycles. The van der Waals surface area contributed by atoms with E-state index in [1.54, 1.807) is 14.2 Å². The Hall–Kier alpha value is -1.14. The maximum absolute atomic E-state index is 11.6. The normalized spacial score (nSPS) is 14.5. The van der Waals surface area contributed by atoms with Gasteiger partial charge >= 0.3 is 0 Å². The van der Waals surface area contributed by atoms with Gasteiger partial charge in [-0.3, -0.25) is 9.59 Å². The number of nitrogens with zero attached hydrogens (tertiary/aromatic N) is 1. The molecule has 2 N–H and O–H groups in total. The molecule has 0 spiro atoms. The Morgan fingerprint density at radius 2 is 2.12 bits per heavy atom. The lowest BCUT2D eigenvalue weighted by Crippen LogP contribution is -2.42. The Bertz CT molecular complexity index is 267. The summed E-state index contributed by atoms with van der Waals surface area (Å²) in [6, 6.07) is 0.503. The van der Waals surface area contributed by atoms with Crippen molar-refractivity contribution in [2.75, 3.05) is 40.4 Å². The zero-order valence-corrected chi connectivity index (χ0v) is 10.5. The summed E-state index contributed by atoms with van der Waals surface area (Å²) in [5.74, 6) is -0.219. The van der Waals surface area contributed by atoms with E-state index in [0.29, 0.717) is 25.7 Å². The Morgan fingerprint density at radius 1 is 1.41 bits per heavy atom. The summed E-state index contributed by atoms with van der Waals surface area (Å²) in [6.45, 7) is 1.35. The van der Waals surface area contributed by atoms with E-state index < -0.39 is 0 Å². The van der Waals surface area contributed by atoms with Gasteiger partial charge in [0.15, 0.2) is 0 Å². The van der Waals surface area contributed by atoms with Gasteiger partial charge in [0.05, 0.1) is 19.7 Å². The van der Waals surface area contributed by atoms with Crippen LogP contribution in [0, 0.1) is 0 Å². The van der Waals surface area contributed by atoms with Crippen LogP contribution in [0.2, 0.25) is 0 Å². The van der Waals surface area contributed by atoms with Crippen LogP contribution in [0.4, 0.5) is 0 Å². The zero-order chi connectivity index (χ0) is 12.7. The quantitative estimate of drug-likeness (QED) is 0.534. The minimum atomic E-state index is -0.163. The Kier molecular flexibility index (Phi) is 5.93. The van der Waals surface area contributed by atoms with Crippen LogP contribution in [0.15, 0.2) is 0 Å². The van der Waals surface area contributed by atoms with Crippen LogP contribution < -0.4 is 10.6 Å². The lowest BCUT2D eigenvalue weighted by Gasteiger charge is -2.17. The van der Waals surface area contributed by atoms with Crippen LogP contribution in [0.3, 0.4) is 0 Å². The largest absolute Gasteiger partial charge is 0.383 e. The second-order valence-electron chi connectivity index (χ2n) is 4.25. The molecule has 1 fully saturated rings. The van der Waals surface area contributed by atoms with Gasteiger partial charge in [-0.1, -0.05) is 0 Å². The van der Waals surface area contributed by atoms with Gasteiger partial charge in [-0.05, 0) is 12.8 Å². The maximum Gasteiger partial charge on any atom is 0.239 e. The molecule has 0 aromatic heterocycles. The van der Waals surface area contributed by atoms with Crippen LogP contribution in [0.1, 0.15) is 12.8 Å². The first-order valence-corrected chi connectivity index (χ1v) is 5.86. The number of carbonyl (C=O) groups excluding carboxylic acids is 2. The third-order valence-electron chi connectivity index (χ3n) is 2.55. The van der Waals surface area contributed by atoms with Crippen molar-refractivity contribution in [3.05, 3.63) is 0 Å². The highest BCUT2D eigenvalue weighted by Crippen LogP contribution is 2.17. The van der Waals surface area contributed by atoms with E-state index >= 15 is 0 Å². The third-order valence-corrected chi connectivity index (χ3v) is 2.55. The van der Waals surface area contributed by atoms with Crippen LogP contribution in [0.5, 0.6) is 0 Å². The molecule has 0 atom stereocenters. The third kappa shape index (κ3) is 6.23. The van der Waals surface area contributed by atoms with Crippen molar-refractivity contribution in [1.29, 1.82) is 0 Å². The number of ether oxygens (including phenoxy) is 1. The minimum Gasteiger partial charge on any atom is -0.383 e. The Morgan fingerprint density at radius 3 is 2.71 bits per heavy atom. The molecule has 2 amide bonds. The lowest BCUT2D eigenvalue weighted by molar-refractivity contribution is -0.134. The van der Waals surface area contributed by atoms with E-state index in [4.69, 9.17) is 4.74 Å². The molecule has 1 saturated carbocycles. The number of carbonyl (C=O) groups is 2. The predicted molar refractivity (Wildman–Crippen MR) is 63.5 cm³/mol. The van der Waals surface area contributed by atoms with Gasteiger partial charge in [0, 0.05) is 26.7 Å². The first-order chi connectivity index (χ1) is 8.13. The average Bonchev–Trinajstić information content (AvgIpc) is 3.10. The summed E-state index contributed by atoms with van der Waals surface area (Å²) < 4.78 is 4.81. The highest BCUT2D eigenvalue weighted by atomic mass is 16.5. The average molecular weight is 243 g/mol. The molecule has 6 nitrogen and oxygen atoms in total. The first-order valence-electron chi connectivity index (χ1n) is 5.86. The van der Waals surface area contributed by atoms with E-state index in [0.717, 1.165) is 12.8 Å². The summed E-state index contributed by atoms with van der Waals surface area (Å²) in [6.07, 6.45) is 2.29. The number of hydrogen-bond acceptors (Lipinski definition) is 4. The fourth-order valence-corrected chi connectivity index (χ4v) is 1.31. The fourth-order valence-electron chi connectivity index (χ4n) is 1.31. The highest BCUT2D eigenvalue weighted by molar-refractivity contribution is 5.85. The number of rotatable bonds is 8. The van der Waals surface area contributed by atoms with Gasteiger partial charge in [-0.15, -0.1) is 0 Å². The van der Waals surface area contributed by atoms with Crippen molar-refractivity contribution in [1.82, 2.24) is 15.5 Å². The molecule has 6 heteroatoms. The SMILES string of the molecule is COCCNC(=O)CN(C)C(=O)CNC1CC1. The van der Waals surface area contributed by atoms with E-state index in [2.05, 4.69) is 10.6 Å². The number of methoxy groups -OCH3 is 1. The van der Waals surface area contributed by atoms with Crippen LogP contribution >= 0.6 is 0 Å². The van der Waals surface area contributed by atoms with Crippen molar-refractivity contribution in [3.63, 3.8) is 0 Å². The second kappa shape index (κ2) is 7.24. The zero-order valence-electron chi connectivity index (χ0n) is 10.5. The number of amides is 2. The summed E-state index contributed by atoms with van der Waals surface area (Å²) in [7, 11) is 3.21. The van der Waals surface area contributed by atoms with Crippen molar-refractivity contribution < 1.29 is 14.3 Å². The topological polar surface area (TPSA) is 70.7 Å². The lowest BCUT2D eigenvalue weighted by atomic mass is 10.4. The van der Waals surface area contributed by atoms with E-state index in [9.17, 15) is 9.59 Å². The molecule has 0 heterocycles.